The first-order valence-corrected chi connectivity index (χ1v) is 7.42. The molecular formula is C15H19ClN2O3. The first-order valence-electron chi connectivity index (χ1n) is 7.04. The number of benzene rings is 1. The maximum Gasteiger partial charge on any atom is 0.320 e. The molecule has 5 nitrogen and oxygen atoms in total. The minimum absolute atomic E-state index is 0.123. The molecule has 0 radical (unpaired) electrons. The van der Waals surface area contributed by atoms with Gasteiger partial charge in [-0.25, -0.2) is 0 Å². The van der Waals surface area contributed by atoms with E-state index in [0.29, 0.717) is 24.5 Å². The number of carboxylic acid groups (broad SMARTS) is 1. The number of nitrogens with one attached hydrogen (secondary N) is 1. The number of nitrogens with zero attached hydrogens (tertiary/aromatic N) is 1. The van der Waals surface area contributed by atoms with Crippen LogP contribution in [-0.4, -0.2) is 41.0 Å². The molecule has 1 fully saturated rings. The number of piperidine rings is 1. The third-order valence-electron chi connectivity index (χ3n) is 3.62. The molecular weight excluding hydrogens is 292 g/mol. The van der Waals surface area contributed by atoms with Crippen LogP contribution in [0.3, 0.4) is 0 Å². The van der Waals surface area contributed by atoms with Gasteiger partial charge >= 0.3 is 5.97 Å². The van der Waals surface area contributed by atoms with Gasteiger partial charge in [0.05, 0.1) is 6.54 Å². The Morgan fingerprint density at radius 1 is 1.38 bits per heavy atom. The van der Waals surface area contributed by atoms with Gasteiger partial charge in [-0.3, -0.25) is 14.5 Å². The van der Waals surface area contributed by atoms with Crippen molar-refractivity contribution in [2.24, 2.45) is 0 Å². The lowest BCUT2D eigenvalue weighted by molar-refractivity contribution is -0.145. The molecule has 0 bridgehead atoms. The van der Waals surface area contributed by atoms with Gasteiger partial charge in [-0.15, -0.1) is 0 Å². The predicted octanol–water partition coefficient (Wildman–Crippen LogP) is 1.90. The molecule has 6 heteroatoms. The number of halogens is 1. The Hall–Kier alpha value is -1.59. The average molecular weight is 311 g/mol. The number of likely N-dealkylation sites (tertiary alicyclic amines) is 1. The van der Waals surface area contributed by atoms with E-state index >= 15 is 0 Å². The fraction of sp³-hybridized carbons (Fsp3) is 0.467. The fourth-order valence-corrected chi connectivity index (χ4v) is 2.76. The normalized spacial score (nSPS) is 19.2. The quantitative estimate of drug-likeness (QED) is 0.871. The molecule has 0 spiro atoms. The van der Waals surface area contributed by atoms with Crippen LogP contribution in [0.5, 0.6) is 0 Å². The highest BCUT2D eigenvalue weighted by atomic mass is 35.5. The Bertz CT molecular complexity index is 521. The van der Waals surface area contributed by atoms with Crippen molar-refractivity contribution in [1.29, 1.82) is 0 Å². The third-order valence-corrected chi connectivity index (χ3v) is 3.86. The highest BCUT2D eigenvalue weighted by Crippen LogP contribution is 2.16. The van der Waals surface area contributed by atoms with Crippen LogP contribution >= 0.6 is 11.6 Å². The van der Waals surface area contributed by atoms with Gasteiger partial charge in [0.2, 0.25) is 5.91 Å². The smallest absolute Gasteiger partial charge is 0.320 e. The molecule has 1 amide bonds. The predicted molar refractivity (Wildman–Crippen MR) is 80.1 cm³/mol. The van der Waals surface area contributed by atoms with Gasteiger partial charge in [-0.2, -0.15) is 0 Å². The van der Waals surface area contributed by atoms with E-state index in [4.69, 9.17) is 11.6 Å². The van der Waals surface area contributed by atoms with Crippen molar-refractivity contribution in [2.75, 3.05) is 13.1 Å². The molecule has 1 aromatic carbocycles. The maximum atomic E-state index is 12.0. The summed E-state index contributed by atoms with van der Waals surface area (Å²) in [5.41, 5.74) is 0.921. The van der Waals surface area contributed by atoms with E-state index in [9.17, 15) is 14.7 Å². The van der Waals surface area contributed by atoms with Crippen LogP contribution in [-0.2, 0) is 16.1 Å². The molecule has 114 valence electrons. The number of carbonyl (C=O) groups excluding carboxylic acids is 1. The Balaban J connectivity index is 1.84. The summed E-state index contributed by atoms with van der Waals surface area (Å²) < 4.78 is 0. The summed E-state index contributed by atoms with van der Waals surface area (Å²) in [4.78, 5) is 24.9. The van der Waals surface area contributed by atoms with Gasteiger partial charge in [-0.1, -0.05) is 30.2 Å². The van der Waals surface area contributed by atoms with E-state index in [0.717, 1.165) is 18.4 Å². The van der Waals surface area contributed by atoms with Gasteiger partial charge in [0.25, 0.3) is 0 Å². The monoisotopic (exact) mass is 310 g/mol. The summed E-state index contributed by atoms with van der Waals surface area (Å²) in [5.74, 6) is -1.01. The number of carbonyl (C=O) groups is 2. The minimum Gasteiger partial charge on any atom is -0.480 e. The van der Waals surface area contributed by atoms with Gasteiger partial charge in [-0.05, 0) is 37.1 Å². The second-order valence-electron chi connectivity index (χ2n) is 5.23. The van der Waals surface area contributed by atoms with Crippen molar-refractivity contribution < 1.29 is 14.7 Å². The molecule has 0 saturated carbocycles. The highest BCUT2D eigenvalue weighted by molar-refractivity contribution is 6.30. The first-order chi connectivity index (χ1) is 10.1. The molecule has 1 heterocycles. The van der Waals surface area contributed by atoms with Crippen molar-refractivity contribution in [1.82, 2.24) is 10.2 Å². The number of carboxylic acids is 1. The summed E-state index contributed by atoms with van der Waals surface area (Å²) in [6.07, 6.45) is 2.44. The van der Waals surface area contributed by atoms with Crippen LogP contribution in [0.25, 0.3) is 0 Å². The SMILES string of the molecule is O=C(CN1CCCC[C@@H]1C(=O)O)NCc1cccc(Cl)c1. The summed E-state index contributed by atoms with van der Waals surface area (Å²) in [5, 5.41) is 12.6. The lowest BCUT2D eigenvalue weighted by Gasteiger charge is -2.32. The Morgan fingerprint density at radius 2 is 2.19 bits per heavy atom. The minimum atomic E-state index is -0.850. The number of aliphatic carboxylic acids is 1. The lowest BCUT2D eigenvalue weighted by atomic mass is 10.0. The van der Waals surface area contributed by atoms with Gasteiger partial charge in [0.15, 0.2) is 0 Å². The summed E-state index contributed by atoms with van der Waals surface area (Å²) in [6, 6.07) is 6.73. The lowest BCUT2D eigenvalue weighted by Crippen LogP contribution is -2.48. The molecule has 0 unspecified atom stereocenters. The maximum absolute atomic E-state index is 12.0. The number of rotatable bonds is 5. The van der Waals surface area contributed by atoms with Crippen molar-refractivity contribution in [3.8, 4) is 0 Å². The molecule has 0 aromatic heterocycles. The first kappa shape index (κ1) is 15.8. The molecule has 1 aliphatic heterocycles. The molecule has 21 heavy (non-hydrogen) atoms. The van der Waals surface area contributed by atoms with Gasteiger partial charge < -0.3 is 10.4 Å². The van der Waals surface area contributed by atoms with E-state index in [1.165, 1.54) is 0 Å². The molecule has 1 atom stereocenters. The second kappa shape index (κ2) is 7.43. The number of hydrogen-bond donors (Lipinski definition) is 2. The van der Waals surface area contributed by atoms with E-state index < -0.39 is 12.0 Å². The van der Waals surface area contributed by atoms with E-state index in [-0.39, 0.29) is 12.5 Å². The van der Waals surface area contributed by atoms with Gasteiger partial charge in [0, 0.05) is 11.6 Å². The van der Waals surface area contributed by atoms with Crippen LogP contribution < -0.4 is 5.32 Å². The molecule has 1 aromatic rings. The zero-order valence-corrected chi connectivity index (χ0v) is 12.5. The van der Waals surface area contributed by atoms with Crippen LogP contribution in [0.4, 0.5) is 0 Å². The summed E-state index contributed by atoms with van der Waals surface area (Å²) in [6.45, 7) is 1.17. The largest absolute Gasteiger partial charge is 0.480 e. The van der Waals surface area contributed by atoms with Crippen LogP contribution in [0.1, 0.15) is 24.8 Å². The summed E-state index contributed by atoms with van der Waals surface area (Å²) in [7, 11) is 0. The standard InChI is InChI=1S/C15H19ClN2O3/c16-12-5-3-4-11(8-12)9-17-14(19)10-18-7-2-1-6-13(18)15(20)21/h3-5,8,13H,1-2,6-7,9-10H2,(H,17,19)(H,20,21)/t13-/m1/s1. The highest BCUT2D eigenvalue weighted by Gasteiger charge is 2.29. The number of hydrogen-bond acceptors (Lipinski definition) is 3. The second-order valence-corrected chi connectivity index (χ2v) is 5.66. The van der Waals surface area contributed by atoms with Crippen LogP contribution in [0.15, 0.2) is 24.3 Å². The molecule has 2 N–H and O–H groups in total. The van der Waals surface area contributed by atoms with Crippen molar-refractivity contribution in [3.05, 3.63) is 34.9 Å². The Kier molecular flexibility index (Phi) is 5.59. The summed E-state index contributed by atoms with van der Waals surface area (Å²) >= 11 is 5.88. The van der Waals surface area contributed by atoms with E-state index in [1.54, 1.807) is 17.0 Å². The van der Waals surface area contributed by atoms with Crippen molar-refractivity contribution in [2.45, 2.75) is 31.8 Å². The molecule has 1 saturated heterocycles. The van der Waals surface area contributed by atoms with Crippen LogP contribution in [0, 0.1) is 0 Å². The third kappa shape index (κ3) is 4.72. The number of amides is 1. The van der Waals surface area contributed by atoms with Crippen LogP contribution in [0.2, 0.25) is 5.02 Å². The molecule has 1 aliphatic rings. The Labute approximate surface area is 128 Å². The molecule has 0 aliphatic carbocycles. The topological polar surface area (TPSA) is 69.6 Å². The zero-order chi connectivity index (χ0) is 15.2. The van der Waals surface area contributed by atoms with E-state index in [1.807, 2.05) is 12.1 Å². The fourth-order valence-electron chi connectivity index (χ4n) is 2.55. The molecule has 2 rings (SSSR count). The zero-order valence-electron chi connectivity index (χ0n) is 11.7. The van der Waals surface area contributed by atoms with Gasteiger partial charge in [0.1, 0.15) is 6.04 Å². The van der Waals surface area contributed by atoms with Crippen molar-refractivity contribution in [3.63, 3.8) is 0 Å². The van der Waals surface area contributed by atoms with Crippen molar-refractivity contribution >= 4 is 23.5 Å². The average Bonchev–Trinajstić information content (AvgIpc) is 2.45. The Morgan fingerprint density at radius 3 is 2.90 bits per heavy atom. The van der Waals surface area contributed by atoms with E-state index in [2.05, 4.69) is 5.32 Å².